The van der Waals surface area contributed by atoms with Crippen molar-refractivity contribution in [1.29, 1.82) is 5.26 Å². The molecule has 0 saturated carbocycles. The highest BCUT2D eigenvalue weighted by Crippen LogP contribution is 2.17. The number of likely N-dealkylation sites (tertiary alicyclic amines) is 1. The molecule has 2 rings (SSSR count). The summed E-state index contributed by atoms with van der Waals surface area (Å²) in [4.78, 5) is 4.81. The quantitative estimate of drug-likeness (QED) is 0.814. The first-order valence-electron chi connectivity index (χ1n) is 6.57. The van der Waals surface area contributed by atoms with E-state index < -0.39 is 0 Å². The van der Waals surface area contributed by atoms with Gasteiger partial charge in [0, 0.05) is 12.6 Å². The third kappa shape index (κ3) is 3.32. The second kappa shape index (κ2) is 5.99. The van der Waals surface area contributed by atoms with E-state index in [0.29, 0.717) is 0 Å². The summed E-state index contributed by atoms with van der Waals surface area (Å²) >= 11 is 0. The van der Waals surface area contributed by atoms with E-state index in [4.69, 9.17) is 5.26 Å². The van der Waals surface area contributed by atoms with Crippen molar-refractivity contribution in [3.05, 3.63) is 35.4 Å². The van der Waals surface area contributed by atoms with Crippen LogP contribution >= 0.6 is 0 Å². The number of hydrogen-bond donors (Lipinski definition) is 0. The van der Waals surface area contributed by atoms with E-state index in [9.17, 15) is 0 Å². The molecule has 3 nitrogen and oxygen atoms in total. The van der Waals surface area contributed by atoms with Gasteiger partial charge in [0.25, 0.3) is 0 Å². The average molecular weight is 243 g/mol. The molecule has 0 bridgehead atoms. The van der Waals surface area contributed by atoms with Crippen molar-refractivity contribution in [3.8, 4) is 6.07 Å². The van der Waals surface area contributed by atoms with Crippen LogP contribution < -0.4 is 0 Å². The minimum Gasteiger partial charge on any atom is -0.306 e. The van der Waals surface area contributed by atoms with Gasteiger partial charge >= 0.3 is 0 Å². The standard InChI is InChI=1S/C15H21N3/c1-17(2)15-6-8-18(9-7-15)12-14-5-3-4-13(10-14)11-16/h3-5,10,15H,6-9,12H2,1-2H3. The number of hydrogen-bond acceptors (Lipinski definition) is 3. The first kappa shape index (κ1) is 13.1. The zero-order valence-corrected chi connectivity index (χ0v) is 11.3. The lowest BCUT2D eigenvalue weighted by Gasteiger charge is -2.35. The van der Waals surface area contributed by atoms with Gasteiger partial charge in [-0.2, -0.15) is 5.26 Å². The summed E-state index contributed by atoms with van der Waals surface area (Å²) in [5.41, 5.74) is 2.01. The van der Waals surface area contributed by atoms with Gasteiger partial charge in [-0.25, -0.2) is 0 Å². The summed E-state index contributed by atoms with van der Waals surface area (Å²) in [7, 11) is 4.33. The fourth-order valence-corrected chi connectivity index (χ4v) is 2.59. The Labute approximate surface area is 110 Å². The maximum atomic E-state index is 8.89. The summed E-state index contributed by atoms with van der Waals surface area (Å²) in [6, 6.07) is 10.9. The highest BCUT2D eigenvalue weighted by Gasteiger charge is 2.20. The van der Waals surface area contributed by atoms with E-state index >= 15 is 0 Å². The molecule has 0 aromatic heterocycles. The largest absolute Gasteiger partial charge is 0.306 e. The Morgan fingerprint density at radius 3 is 2.67 bits per heavy atom. The Morgan fingerprint density at radius 2 is 2.06 bits per heavy atom. The summed E-state index contributed by atoms with van der Waals surface area (Å²) in [5, 5.41) is 8.89. The Kier molecular flexibility index (Phi) is 4.35. The van der Waals surface area contributed by atoms with E-state index in [2.05, 4.69) is 36.0 Å². The first-order chi connectivity index (χ1) is 8.69. The molecule has 1 fully saturated rings. The molecule has 1 aromatic carbocycles. The second-order valence-electron chi connectivity index (χ2n) is 5.28. The van der Waals surface area contributed by atoms with Gasteiger partial charge < -0.3 is 4.90 Å². The van der Waals surface area contributed by atoms with Crippen molar-refractivity contribution in [1.82, 2.24) is 9.80 Å². The second-order valence-corrected chi connectivity index (χ2v) is 5.28. The molecular weight excluding hydrogens is 222 g/mol. The van der Waals surface area contributed by atoms with Crippen LogP contribution in [0.25, 0.3) is 0 Å². The molecule has 0 N–H and O–H groups in total. The van der Waals surface area contributed by atoms with Gasteiger partial charge in [-0.1, -0.05) is 12.1 Å². The van der Waals surface area contributed by atoms with Gasteiger partial charge in [-0.05, 0) is 57.7 Å². The van der Waals surface area contributed by atoms with Crippen LogP contribution in [0.3, 0.4) is 0 Å². The number of piperidine rings is 1. The van der Waals surface area contributed by atoms with Crippen LogP contribution in [0.15, 0.2) is 24.3 Å². The van der Waals surface area contributed by atoms with Gasteiger partial charge in [0.2, 0.25) is 0 Å². The lowest BCUT2D eigenvalue weighted by molar-refractivity contribution is 0.140. The van der Waals surface area contributed by atoms with E-state index in [1.165, 1.54) is 18.4 Å². The molecule has 1 heterocycles. The van der Waals surface area contributed by atoms with Gasteiger partial charge in [-0.15, -0.1) is 0 Å². The van der Waals surface area contributed by atoms with Gasteiger partial charge in [0.15, 0.2) is 0 Å². The average Bonchev–Trinajstić information content (AvgIpc) is 2.39. The number of nitriles is 1. The molecule has 1 saturated heterocycles. The van der Waals surface area contributed by atoms with Crippen molar-refractivity contribution in [3.63, 3.8) is 0 Å². The fourth-order valence-electron chi connectivity index (χ4n) is 2.59. The maximum absolute atomic E-state index is 8.89. The molecular formula is C15H21N3. The van der Waals surface area contributed by atoms with Crippen LogP contribution in [0.1, 0.15) is 24.0 Å². The van der Waals surface area contributed by atoms with Crippen molar-refractivity contribution < 1.29 is 0 Å². The van der Waals surface area contributed by atoms with Crippen LogP contribution in [0, 0.1) is 11.3 Å². The summed E-state index contributed by atoms with van der Waals surface area (Å²) in [5.74, 6) is 0. The molecule has 0 spiro atoms. The molecule has 3 heteroatoms. The Morgan fingerprint density at radius 1 is 1.33 bits per heavy atom. The maximum Gasteiger partial charge on any atom is 0.0991 e. The predicted molar refractivity (Wildman–Crippen MR) is 73.1 cm³/mol. The van der Waals surface area contributed by atoms with Crippen LogP contribution in [0.4, 0.5) is 0 Å². The number of rotatable bonds is 3. The lowest BCUT2D eigenvalue weighted by Crippen LogP contribution is -2.41. The van der Waals surface area contributed by atoms with Crippen molar-refractivity contribution in [2.24, 2.45) is 0 Å². The van der Waals surface area contributed by atoms with E-state index in [0.717, 1.165) is 31.2 Å². The van der Waals surface area contributed by atoms with Gasteiger partial charge in [0.1, 0.15) is 0 Å². The lowest BCUT2D eigenvalue weighted by atomic mass is 10.0. The molecule has 96 valence electrons. The number of nitrogens with zero attached hydrogens (tertiary/aromatic N) is 3. The molecule has 0 atom stereocenters. The number of benzene rings is 1. The smallest absolute Gasteiger partial charge is 0.0991 e. The molecule has 1 aliphatic rings. The Hall–Kier alpha value is -1.37. The SMILES string of the molecule is CN(C)C1CCN(Cc2cccc(C#N)c2)CC1. The van der Waals surface area contributed by atoms with Crippen LogP contribution in [0.5, 0.6) is 0 Å². The van der Waals surface area contributed by atoms with Crippen molar-refractivity contribution >= 4 is 0 Å². The highest BCUT2D eigenvalue weighted by atomic mass is 15.2. The highest BCUT2D eigenvalue weighted by molar-refractivity contribution is 5.32. The zero-order valence-electron chi connectivity index (χ0n) is 11.3. The summed E-state index contributed by atoms with van der Waals surface area (Å²) in [6.45, 7) is 3.27. The van der Waals surface area contributed by atoms with E-state index in [-0.39, 0.29) is 0 Å². The van der Waals surface area contributed by atoms with E-state index in [1.807, 2.05) is 18.2 Å². The van der Waals surface area contributed by atoms with Crippen LogP contribution in [-0.2, 0) is 6.54 Å². The summed E-state index contributed by atoms with van der Waals surface area (Å²) in [6.07, 6.45) is 2.48. The minimum atomic E-state index is 0.728. The first-order valence-corrected chi connectivity index (χ1v) is 6.57. The molecule has 18 heavy (non-hydrogen) atoms. The normalized spacial score (nSPS) is 17.9. The topological polar surface area (TPSA) is 30.3 Å². The molecule has 0 amide bonds. The molecule has 0 radical (unpaired) electrons. The molecule has 1 aromatic rings. The molecule has 0 aliphatic carbocycles. The zero-order chi connectivity index (χ0) is 13.0. The van der Waals surface area contributed by atoms with Crippen molar-refractivity contribution in [2.75, 3.05) is 27.2 Å². The minimum absolute atomic E-state index is 0.728. The fraction of sp³-hybridized carbons (Fsp3) is 0.533. The third-order valence-corrected chi connectivity index (χ3v) is 3.75. The van der Waals surface area contributed by atoms with Crippen LogP contribution in [-0.4, -0.2) is 43.0 Å². The monoisotopic (exact) mass is 243 g/mol. The van der Waals surface area contributed by atoms with E-state index in [1.54, 1.807) is 0 Å². The third-order valence-electron chi connectivity index (χ3n) is 3.75. The Balaban J connectivity index is 1.90. The molecule has 0 unspecified atom stereocenters. The van der Waals surface area contributed by atoms with Crippen molar-refractivity contribution in [2.45, 2.75) is 25.4 Å². The Bertz CT molecular complexity index is 426. The predicted octanol–water partition coefficient (Wildman–Crippen LogP) is 2.08. The molecule has 1 aliphatic heterocycles. The van der Waals surface area contributed by atoms with Gasteiger partial charge in [0.05, 0.1) is 11.6 Å². The summed E-state index contributed by atoms with van der Waals surface area (Å²) < 4.78 is 0. The van der Waals surface area contributed by atoms with Gasteiger partial charge in [-0.3, -0.25) is 4.90 Å². The van der Waals surface area contributed by atoms with Crippen LogP contribution in [0.2, 0.25) is 0 Å².